The van der Waals surface area contributed by atoms with Crippen LogP contribution in [0, 0.1) is 0 Å². The summed E-state index contributed by atoms with van der Waals surface area (Å²) in [6.07, 6.45) is 1.93. The van der Waals surface area contributed by atoms with Crippen molar-refractivity contribution in [1.29, 1.82) is 0 Å². The lowest BCUT2D eigenvalue weighted by molar-refractivity contribution is -0.146. The van der Waals surface area contributed by atoms with Gasteiger partial charge < -0.3 is 14.6 Å². The van der Waals surface area contributed by atoms with Gasteiger partial charge in [-0.05, 0) is 32.5 Å². The Balaban J connectivity index is 3.83. The smallest absolute Gasteiger partial charge is 0.233 e. The summed E-state index contributed by atoms with van der Waals surface area (Å²) in [7, 11) is 0. The average Bonchev–Trinajstić information content (AvgIpc) is 2.05. The maximum absolute atomic E-state index is 9.65. The van der Waals surface area contributed by atoms with Crippen LogP contribution in [0.15, 0.2) is 0 Å². The van der Waals surface area contributed by atoms with Crippen molar-refractivity contribution in [1.82, 2.24) is 0 Å². The van der Waals surface area contributed by atoms with E-state index in [-0.39, 0.29) is 5.05 Å². The highest BCUT2D eigenvalue weighted by molar-refractivity contribution is 7.80. The number of hydrogen-bond acceptors (Lipinski definition) is 4. The molecule has 13 heavy (non-hydrogen) atoms. The number of unbranched alkanes of at least 4 members (excludes halogenated alkanes) is 1. The number of thiocarbonyl (C=S) groups is 1. The van der Waals surface area contributed by atoms with E-state index < -0.39 is 5.79 Å². The predicted molar refractivity (Wildman–Crippen MR) is 55.7 cm³/mol. The first-order valence-electron chi connectivity index (χ1n) is 4.58. The SMILES string of the molecule is CCCCOC(C)(O)C(=S)OCC. The Kier molecular flexibility index (Phi) is 6.20. The zero-order valence-electron chi connectivity index (χ0n) is 8.50. The molecule has 0 aromatic carbocycles. The third kappa shape index (κ3) is 5.18. The van der Waals surface area contributed by atoms with Gasteiger partial charge in [-0.15, -0.1) is 0 Å². The van der Waals surface area contributed by atoms with Crippen molar-refractivity contribution < 1.29 is 14.6 Å². The van der Waals surface area contributed by atoms with Crippen molar-refractivity contribution >= 4 is 17.3 Å². The Morgan fingerprint density at radius 2 is 2.08 bits per heavy atom. The fourth-order valence-corrected chi connectivity index (χ4v) is 0.916. The van der Waals surface area contributed by atoms with Gasteiger partial charge in [0, 0.05) is 0 Å². The average molecular weight is 206 g/mol. The van der Waals surface area contributed by atoms with Crippen molar-refractivity contribution in [3.8, 4) is 0 Å². The van der Waals surface area contributed by atoms with Gasteiger partial charge in [-0.1, -0.05) is 13.3 Å². The molecule has 0 bridgehead atoms. The first-order valence-corrected chi connectivity index (χ1v) is 4.99. The Bertz CT molecular complexity index is 157. The van der Waals surface area contributed by atoms with E-state index in [0.717, 1.165) is 12.8 Å². The van der Waals surface area contributed by atoms with Gasteiger partial charge in [-0.2, -0.15) is 0 Å². The highest BCUT2D eigenvalue weighted by atomic mass is 32.1. The van der Waals surface area contributed by atoms with E-state index in [0.29, 0.717) is 13.2 Å². The van der Waals surface area contributed by atoms with Gasteiger partial charge >= 0.3 is 0 Å². The summed E-state index contributed by atoms with van der Waals surface area (Å²) in [5.74, 6) is -1.43. The van der Waals surface area contributed by atoms with Crippen LogP contribution in [0.2, 0.25) is 0 Å². The molecule has 0 aromatic heterocycles. The van der Waals surface area contributed by atoms with Crippen LogP contribution in [0.4, 0.5) is 0 Å². The molecular weight excluding hydrogens is 188 g/mol. The highest BCUT2D eigenvalue weighted by Gasteiger charge is 2.28. The predicted octanol–water partition coefficient (Wildman–Crippen LogP) is 1.88. The van der Waals surface area contributed by atoms with Crippen LogP contribution in [-0.4, -0.2) is 29.2 Å². The van der Waals surface area contributed by atoms with Crippen LogP contribution in [0.1, 0.15) is 33.6 Å². The molecule has 78 valence electrons. The second kappa shape index (κ2) is 6.29. The Labute approximate surface area is 85.0 Å². The lowest BCUT2D eigenvalue weighted by Gasteiger charge is -2.23. The van der Waals surface area contributed by atoms with E-state index in [9.17, 15) is 5.11 Å². The summed E-state index contributed by atoms with van der Waals surface area (Å²) in [5, 5.41) is 9.76. The second-order valence-electron chi connectivity index (χ2n) is 2.91. The van der Waals surface area contributed by atoms with Crippen LogP contribution in [0.5, 0.6) is 0 Å². The monoisotopic (exact) mass is 206 g/mol. The van der Waals surface area contributed by atoms with Gasteiger partial charge in [0.15, 0.2) is 0 Å². The molecule has 3 nitrogen and oxygen atoms in total. The molecule has 0 saturated carbocycles. The molecule has 1 N–H and O–H groups in total. The fraction of sp³-hybridized carbons (Fsp3) is 0.889. The number of aliphatic hydroxyl groups is 1. The molecule has 4 heteroatoms. The van der Waals surface area contributed by atoms with E-state index in [1.54, 1.807) is 0 Å². The third-order valence-corrected chi connectivity index (χ3v) is 2.03. The molecule has 0 rings (SSSR count). The van der Waals surface area contributed by atoms with Crippen LogP contribution >= 0.6 is 12.2 Å². The van der Waals surface area contributed by atoms with Crippen molar-refractivity contribution in [2.75, 3.05) is 13.2 Å². The first-order chi connectivity index (χ1) is 6.04. The number of rotatable bonds is 6. The van der Waals surface area contributed by atoms with Gasteiger partial charge in [0.2, 0.25) is 10.8 Å². The molecule has 0 fully saturated rings. The molecule has 0 aliphatic rings. The topological polar surface area (TPSA) is 38.7 Å². The molecule has 1 atom stereocenters. The summed E-state index contributed by atoms with van der Waals surface area (Å²) >= 11 is 4.84. The van der Waals surface area contributed by atoms with E-state index in [4.69, 9.17) is 21.7 Å². The Morgan fingerprint density at radius 3 is 2.54 bits per heavy atom. The minimum Gasteiger partial charge on any atom is -0.483 e. The number of ether oxygens (including phenoxy) is 2. The molecule has 0 saturated heterocycles. The van der Waals surface area contributed by atoms with Gasteiger partial charge in [0.25, 0.3) is 0 Å². The van der Waals surface area contributed by atoms with Gasteiger partial charge in [0.1, 0.15) is 0 Å². The zero-order chi connectivity index (χ0) is 10.3. The largest absolute Gasteiger partial charge is 0.483 e. The fourth-order valence-electron chi connectivity index (χ4n) is 0.739. The van der Waals surface area contributed by atoms with Crippen molar-refractivity contribution in [3.63, 3.8) is 0 Å². The maximum atomic E-state index is 9.65. The standard InChI is InChI=1S/C9H18O3S/c1-4-6-7-12-9(3,10)8(13)11-5-2/h10H,4-7H2,1-3H3. The van der Waals surface area contributed by atoms with Crippen LogP contribution < -0.4 is 0 Å². The Hall–Kier alpha value is -0.190. The first kappa shape index (κ1) is 12.8. The van der Waals surface area contributed by atoms with Gasteiger partial charge in [-0.25, -0.2) is 0 Å². The zero-order valence-corrected chi connectivity index (χ0v) is 9.32. The summed E-state index contributed by atoms with van der Waals surface area (Å²) in [6, 6.07) is 0. The maximum Gasteiger partial charge on any atom is 0.233 e. The van der Waals surface area contributed by atoms with E-state index in [2.05, 4.69) is 6.92 Å². The van der Waals surface area contributed by atoms with Crippen molar-refractivity contribution in [3.05, 3.63) is 0 Å². The van der Waals surface area contributed by atoms with Crippen LogP contribution in [0.25, 0.3) is 0 Å². The summed E-state index contributed by atoms with van der Waals surface area (Å²) in [6.45, 7) is 6.32. The normalized spacial score (nSPS) is 15.1. The minimum atomic E-state index is -1.43. The highest BCUT2D eigenvalue weighted by Crippen LogP contribution is 2.11. The third-order valence-electron chi connectivity index (χ3n) is 1.54. The molecule has 0 heterocycles. The van der Waals surface area contributed by atoms with E-state index >= 15 is 0 Å². The van der Waals surface area contributed by atoms with Gasteiger partial charge in [0.05, 0.1) is 13.2 Å². The molecule has 1 unspecified atom stereocenters. The van der Waals surface area contributed by atoms with Crippen molar-refractivity contribution in [2.45, 2.75) is 39.4 Å². The lowest BCUT2D eigenvalue weighted by Crippen LogP contribution is -2.38. The second-order valence-corrected chi connectivity index (χ2v) is 3.28. The lowest BCUT2D eigenvalue weighted by atomic mass is 10.3. The minimum absolute atomic E-state index is 0.103. The summed E-state index contributed by atoms with van der Waals surface area (Å²) in [5.41, 5.74) is 0. The van der Waals surface area contributed by atoms with Gasteiger partial charge in [-0.3, -0.25) is 0 Å². The molecule has 0 aromatic rings. The number of hydrogen-bond donors (Lipinski definition) is 1. The molecular formula is C9H18O3S. The van der Waals surface area contributed by atoms with Crippen LogP contribution in [-0.2, 0) is 9.47 Å². The van der Waals surface area contributed by atoms with Crippen molar-refractivity contribution in [2.24, 2.45) is 0 Å². The molecule has 0 aliphatic carbocycles. The Morgan fingerprint density at radius 1 is 1.46 bits per heavy atom. The molecule has 0 amide bonds. The summed E-state index contributed by atoms with van der Waals surface area (Å²) < 4.78 is 10.2. The quantitative estimate of drug-likeness (QED) is 0.409. The summed E-state index contributed by atoms with van der Waals surface area (Å²) in [4.78, 5) is 0. The molecule has 0 radical (unpaired) electrons. The van der Waals surface area contributed by atoms with E-state index in [1.165, 1.54) is 6.92 Å². The molecule has 0 aliphatic heterocycles. The van der Waals surface area contributed by atoms with E-state index in [1.807, 2.05) is 6.92 Å². The van der Waals surface area contributed by atoms with Crippen LogP contribution in [0.3, 0.4) is 0 Å². The molecule has 0 spiro atoms.